The average molecular weight is 724 g/mol. The van der Waals surface area contributed by atoms with Gasteiger partial charge in [-0.15, -0.1) is 0 Å². The molecular weight excluding hydrogens is 691 g/mol. The van der Waals surface area contributed by atoms with Crippen molar-refractivity contribution in [1.29, 1.82) is 0 Å². The van der Waals surface area contributed by atoms with E-state index in [-0.39, 0.29) is 0 Å². The van der Waals surface area contributed by atoms with Gasteiger partial charge in [-0.25, -0.2) is 0 Å². The van der Waals surface area contributed by atoms with E-state index in [4.69, 9.17) is 0 Å². The van der Waals surface area contributed by atoms with Gasteiger partial charge in [0.15, 0.2) is 0 Å². The van der Waals surface area contributed by atoms with Crippen molar-refractivity contribution in [2.24, 2.45) is 0 Å². The fourth-order valence-corrected chi connectivity index (χ4v) is 10.0. The minimum Gasteiger partial charge on any atom is -0.309 e. The fourth-order valence-electron chi connectivity index (χ4n) is 10.0. The smallest absolute Gasteiger partial charge is 0.0621 e. The van der Waals surface area contributed by atoms with Crippen LogP contribution in [0.5, 0.6) is 0 Å². The standard InChI is InChI=1S/C54H33N3/c1-3-17-38-36(15-1)37-16-2-4-18-39(37)46-32-35(33-47-44-23-9-14-28-52(44)57(54(46)47)51-27-13-5-19-40(38)51)56-50-26-12-8-22-43(50)45-31-34(29-30-53(45)56)55-48-24-10-6-20-41(48)42-21-7-11-25-49(42)55/h1-33H. The van der Waals surface area contributed by atoms with Gasteiger partial charge < -0.3 is 13.5 Å². The Morgan fingerprint density at radius 1 is 0.211 bits per heavy atom. The van der Waals surface area contributed by atoms with Gasteiger partial charge in [-0.2, -0.15) is 0 Å². The van der Waals surface area contributed by atoms with Crippen LogP contribution in [0.3, 0.4) is 0 Å². The topological polar surface area (TPSA) is 14.3 Å². The minimum atomic E-state index is 1.15. The maximum atomic E-state index is 2.52. The maximum absolute atomic E-state index is 2.52. The molecule has 0 N–H and O–H groups in total. The summed E-state index contributed by atoms with van der Waals surface area (Å²) in [6.45, 7) is 0. The highest BCUT2D eigenvalue weighted by Crippen LogP contribution is 2.42. The van der Waals surface area contributed by atoms with E-state index in [0.29, 0.717) is 0 Å². The van der Waals surface area contributed by atoms with Crippen LogP contribution in [0.1, 0.15) is 0 Å². The molecule has 9 aromatic carbocycles. The molecule has 13 aromatic rings. The predicted octanol–water partition coefficient (Wildman–Crippen LogP) is 14.5. The van der Waals surface area contributed by atoms with Crippen molar-refractivity contribution in [1.82, 2.24) is 13.5 Å². The van der Waals surface area contributed by atoms with E-state index in [9.17, 15) is 0 Å². The number of benzene rings is 9. The lowest BCUT2D eigenvalue weighted by molar-refractivity contribution is 1.17. The van der Waals surface area contributed by atoms with Crippen molar-refractivity contribution in [3.63, 3.8) is 0 Å². The van der Waals surface area contributed by atoms with Gasteiger partial charge in [-0.1, -0.05) is 140 Å². The first-order valence-corrected chi connectivity index (χ1v) is 19.7. The van der Waals surface area contributed by atoms with Crippen LogP contribution in [-0.2, 0) is 0 Å². The summed E-state index contributed by atoms with van der Waals surface area (Å²) in [7, 11) is 0. The lowest BCUT2D eigenvalue weighted by Crippen LogP contribution is -1.96. The maximum Gasteiger partial charge on any atom is 0.0621 e. The second-order valence-corrected chi connectivity index (χ2v) is 15.3. The summed E-state index contributed by atoms with van der Waals surface area (Å²) in [6, 6.07) is 74.0. The summed E-state index contributed by atoms with van der Waals surface area (Å²) in [5, 5.41) is 14.9. The minimum absolute atomic E-state index is 1.15. The van der Waals surface area contributed by atoms with Crippen molar-refractivity contribution >= 4 is 103 Å². The third kappa shape index (κ3) is 4.15. The summed E-state index contributed by atoms with van der Waals surface area (Å²) in [4.78, 5) is 0. The van der Waals surface area contributed by atoms with Crippen LogP contribution in [-0.4, -0.2) is 13.5 Å². The Balaban J connectivity index is 1.21. The van der Waals surface area contributed by atoms with Crippen LogP contribution in [0.4, 0.5) is 0 Å². The SMILES string of the molecule is c1ccc2c(c1)c1ccccc1c1cc(-n3c4ccccc4c4cc(-n5c6ccccc6c6ccccc65)ccc43)cc3c4ccccc4n(c4ccccc24)c13. The lowest BCUT2D eigenvalue weighted by Gasteiger charge is -2.12. The van der Waals surface area contributed by atoms with E-state index < -0.39 is 0 Å². The van der Waals surface area contributed by atoms with E-state index in [2.05, 4.69) is 214 Å². The Morgan fingerprint density at radius 3 is 1.02 bits per heavy atom. The third-order valence-electron chi connectivity index (χ3n) is 12.4. The molecule has 13 rings (SSSR count). The molecule has 0 unspecified atom stereocenters. The molecule has 3 nitrogen and oxygen atoms in total. The Kier molecular flexibility index (Phi) is 6.16. The highest BCUT2D eigenvalue weighted by molar-refractivity contribution is 6.26. The fraction of sp³-hybridized carbons (Fsp3) is 0. The summed E-state index contributed by atoms with van der Waals surface area (Å²) < 4.78 is 7.42. The van der Waals surface area contributed by atoms with Crippen LogP contribution in [0.2, 0.25) is 0 Å². The van der Waals surface area contributed by atoms with Gasteiger partial charge in [-0.05, 0) is 82.2 Å². The number of para-hydroxylation sites is 5. The van der Waals surface area contributed by atoms with Crippen LogP contribution >= 0.6 is 0 Å². The molecule has 0 spiro atoms. The second-order valence-electron chi connectivity index (χ2n) is 15.3. The zero-order valence-corrected chi connectivity index (χ0v) is 30.9. The molecule has 0 radical (unpaired) electrons. The number of hydrogen-bond donors (Lipinski definition) is 0. The van der Waals surface area contributed by atoms with Gasteiger partial charge >= 0.3 is 0 Å². The van der Waals surface area contributed by atoms with Crippen molar-refractivity contribution in [3.8, 4) is 11.4 Å². The Bertz CT molecular complexity index is 3820. The molecule has 0 atom stereocenters. The van der Waals surface area contributed by atoms with Crippen molar-refractivity contribution < 1.29 is 0 Å². The molecule has 0 bridgehead atoms. The van der Waals surface area contributed by atoms with Gasteiger partial charge in [-0.3, -0.25) is 0 Å². The number of nitrogens with zero attached hydrogens (tertiary/aromatic N) is 3. The molecule has 0 aliphatic heterocycles. The van der Waals surface area contributed by atoms with Gasteiger partial charge in [0.2, 0.25) is 0 Å². The molecule has 4 heterocycles. The van der Waals surface area contributed by atoms with E-state index in [1.807, 2.05) is 0 Å². The van der Waals surface area contributed by atoms with Crippen molar-refractivity contribution in [2.45, 2.75) is 0 Å². The van der Waals surface area contributed by atoms with E-state index in [1.54, 1.807) is 0 Å². The molecule has 264 valence electrons. The van der Waals surface area contributed by atoms with Crippen molar-refractivity contribution in [2.75, 3.05) is 0 Å². The highest BCUT2D eigenvalue weighted by atomic mass is 15.0. The van der Waals surface area contributed by atoms with Crippen LogP contribution in [0.25, 0.3) is 115 Å². The van der Waals surface area contributed by atoms with Gasteiger partial charge in [0.05, 0.1) is 38.6 Å². The summed E-state index contributed by atoms with van der Waals surface area (Å²) in [5.41, 5.74) is 10.7. The van der Waals surface area contributed by atoms with Gasteiger partial charge in [0, 0.05) is 54.5 Å². The first kappa shape index (κ1) is 30.7. The van der Waals surface area contributed by atoms with Crippen LogP contribution < -0.4 is 0 Å². The average Bonchev–Trinajstić information content (AvgIpc) is 3.92. The quantitative estimate of drug-likeness (QED) is 0.169. The molecule has 0 saturated heterocycles. The van der Waals surface area contributed by atoms with Crippen LogP contribution in [0.15, 0.2) is 200 Å². The molecule has 0 aliphatic carbocycles. The molecule has 0 amide bonds. The second kappa shape index (κ2) is 11.5. The normalized spacial score (nSPS) is 12.2. The monoisotopic (exact) mass is 723 g/mol. The predicted molar refractivity (Wildman–Crippen MR) is 242 cm³/mol. The summed E-state index contributed by atoms with van der Waals surface area (Å²) in [5.74, 6) is 0. The molecule has 0 aliphatic rings. The Labute approximate surface area is 327 Å². The number of fused-ring (bicyclic) bond motifs is 16. The van der Waals surface area contributed by atoms with E-state index in [0.717, 1.165) is 11.4 Å². The third-order valence-corrected chi connectivity index (χ3v) is 12.4. The number of aromatic nitrogens is 3. The molecule has 3 heteroatoms. The van der Waals surface area contributed by atoms with Gasteiger partial charge in [0.25, 0.3) is 0 Å². The Morgan fingerprint density at radius 2 is 0.509 bits per heavy atom. The summed E-state index contributed by atoms with van der Waals surface area (Å²) in [6.07, 6.45) is 0. The molecular formula is C54H33N3. The van der Waals surface area contributed by atoms with E-state index >= 15 is 0 Å². The number of hydrogen-bond acceptors (Lipinski definition) is 0. The first-order chi connectivity index (χ1) is 28.3. The largest absolute Gasteiger partial charge is 0.309 e. The zero-order chi connectivity index (χ0) is 37.2. The zero-order valence-electron chi connectivity index (χ0n) is 30.9. The molecule has 57 heavy (non-hydrogen) atoms. The van der Waals surface area contributed by atoms with Crippen molar-refractivity contribution in [3.05, 3.63) is 200 Å². The van der Waals surface area contributed by atoms with Gasteiger partial charge in [0.1, 0.15) is 0 Å². The molecule has 0 fully saturated rings. The number of rotatable bonds is 2. The van der Waals surface area contributed by atoms with Crippen LogP contribution in [0, 0.1) is 0 Å². The summed E-state index contributed by atoms with van der Waals surface area (Å²) >= 11 is 0. The lowest BCUT2D eigenvalue weighted by atomic mass is 10.00. The highest BCUT2D eigenvalue weighted by Gasteiger charge is 2.20. The Hall–Kier alpha value is -7.62. The van der Waals surface area contributed by atoms with E-state index in [1.165, 1.54) is 103 Å². The molecule has 0 saturated carbocycles. The first-order valence-electron chi connectivity index (χ1n) is 19.7. The molecule has 4 aromatic heterocycles.